The van der Waals surface area contributed by atoms with Crippen LogP contribution in [0.5, 0.6) is 0 Å². The second-order valence-corrected chi connectivity index (χ2v) is 5.41. The molecule has 0 aromatic heterocycles. The Bertz CT molecular complexity index is 612. The van der Waals surface area contributed by atoms with Crippen molar-refractivity contribution in [1.82, 2.24) is 0 Å². The molecule has 0 bridgehead atoms. The summed E-state index contributed by atoms with van der Waals surface area (Å²) in [6, 6.07) is 14.4. The molecule has 2 aromatic carbocycles. The quantitative estimate of drug-likeness (QED) is 0.907. The molecule has 0 fully saturated rings. The molecule has 2 heteroatoms. The minimum atomic E-state index is -0.785. The van der Waals surface area contributed by atoms with Gasteiger partial charge in [-0.3, -0.25) is 4.79 Å². The van der Waals surface area contributed by atoms with E-state index in [1.165, 1.54) is 22.3 Å². The molecule has 0 saturated heterocycles. The molecule has 0 aliphatic rings. The van der Waals surface area contributed by atoms with Crippen molar-refractivity contribution in [2.75, 3.05) is 0 Å². The van der Waals surface area contributed by atoms with Crippen molar-refractivity contribution < 1.29 is 9.90 Å². The molecular formula is C18H20O2. The van der Waals surface area contributed by atoms with Gasteiger partial charge in [0.1, 0.15) is 0 Å². The van der Waals surface area contributed by atoms with Gasteiger partial charge in [0.2, 0.25) is 0 Å². The van der Waals surface area contributed by atoms with E-state index in [0.717, 1.165) is 12.0 Å². The molecule has 0 radical (unpaired) electrons. The fourth-order valence-electron chi connectivity index (χ4n) is 2.28. The zero-order chi connectivity index (χ0) is 14.7. The fourth-order valence-corrected chi connectivity index (χ4v) is 2.28. The van der Waals surface area contributed by atoms with E-state index in [2.05, 4.69) is 32.0 Å². The van der Waals surface area contributed by atoms with E-state index in [4.69, 9.17) is 5.11 Å². The normalized spacial score (nSPS) is 12.2. The van der Waals surface area contributed by atoms with E-state index < -0.39 is 11.9 Å². The Morgan fingerprint density at radius 2 is 1.75 bits per heavy atom. The molecule has 104 valence electrons. The third-order valence-corrected chi connectivity index (χ3v) is 3.75. The Morgan fingerprint density at radius 1 is 1.10 bits per heavy atom. The van der Waals surface area contributed by atoms with Crippen molar-refractivity contribution in [2.24, 2.45) is 0 Å². The van der Waals surface area contributed by atoms with Gasteiger partial charge in [0.05, 0.1) is 5.92 Å². The topological polar surface area (TPSA) is 37.3 Å². The van der Waals surface area contributed by atoms with E-state index in [1.54, 1.807) is 6.92 Å². The number of aryl methyl sites for hydroxylation is 2. The van der Waals surface area contributed by atoms with Gasteiger partial charge in [-0.2, -0.15) is 0 Å². The zero-order valence-corrected chi connectivity index (χ0v) is 12.2. The average Bonchev–Trinajstić information content (AvgIpc) is 2.43. The van der Waals surface area contributed by atoms with Crippen LogP contribution in [0, 0.1) is 13.8 Å². The van der Waals surface area contributed by atoms with Crippen LogP contribution in [0.25, 0.3) is 0 Å². The van der Waals surface area contributed by atoms with Crippen molar-refractivity contribution in [3.8, 4) is 0 Å². The van der Waals surface area contributed by atoms with Crippen molar-refractivity contribution in [3.05, 3.63) is 70.3 Å². The van der Waals surface area contributed by atoms with Crippen LogP contribution in [0.3, 0.4) is 0 Å². The summed E-state index contributed by atoms with van der Waals surface area (Å²) < 4.78 is 0. The standard InChI is InChI=1S/C18H20O2/c1-12-4-5-13(2)17(10-12)11-15-6-8-16(9-7-15)14(3)18(19)20/h4-10,14H,11H2,1-3H3,(H,19,20). The largest absolute Gasteiger partial charge is 0.481 e. The molecule has 0 aliphatic heterocycles. The van der Waals surface area contributed by atoms with Crippen LogP contribution in [0.1, 0.15) is 40.7 Å². The molecule has 0 heterocycles. The Labute approximate surface area is 120 Å². The molecule has 20 heavy (non-hydrogen) atoms. The highest BCUT2D eigenvalue weighted by Gasteiger charge is 2.13. The van der Waals surface area contributed by atoms with Gasteiger partial charge in [-0.1, -0.05) is 48.0 Å². The molecule has 1 unspecified atom stereocenters. The molecule has 0 saturated carbocycles. The fraction of sp³-hybridized carbons (Fsp3) is 0.278. The predicted octanol–water partition coefficient (Wildman–Crippen LogP) is 4.08. The van der Waals surface area contributed by atoms with Crippen LogP contribution < -0.4 is 0 Å². The second-order valence-electron chi connectivity index (χ2n) is 5.41. The number of carboxylic acids is 1. The Morgan fingerprint density at radius 3 is 2.35 bits per heavy atom. The summed E-state index contributed by atoms with van der Waals surface area (Å²) in [4.78, 5) is 11.0. The first kappa shape index (κ1) is 14.3. The van der Waals surface area contributed by atoms with E-state index in [-0.39, 0.29) is 0 Å². The smallest absolute Gasteiger partial charge is 0.310 e. The van der Waals surface area contributed by atoms with Gasteiger partial charge in [0, 0.05) is 0 Å². The molecule has 1 atom stereocenters. The zero-order valence-electron chi connectivity index (χ0n) is 12.2. The summed E-state index contributed by atoms with van der Waals surface area (Å²) in [6.45, 7) is 5.93. The summed E-state index contributed by atoms with van der Waals surface area (Å²) in [5.74, 6) is -1.24. The molecular weight excluding hydrogens is 248 g/mol. The molecule has 1 N–H and O–H groups in total. The SMILES string of the molecule is Cc1ccc(C)c(Cc2ccc(C(C)C(=O)O)cc2)c1. The molecule has 2 aromatic rings. The highest BCUT2D eigenvalue weighted by Crippen LogP contribution is 2.19. The van der Waals surface area contributed by atoms with Crippen LogP contribution in [-0.4, -0.2) is 11.1 Å². The van der Waals surface area contributed by atoms with E-state index in [0.29, 0.717) is 0 Å². The van der Waals surface area contributed by atoms with Crippen LogP contribution >= 0.6 is 0 Å². The van der Waals surface area contributed by atoms with Gasteiger partial charge in [-0.15, -0.1) is 0 Å². The Balaban J connectivity index is 2.19. The van der Waals surface area contributed by atoms with Gasteiger partial charge >= 0.3 is 5.97 Å². The molecule has 0 amide bonds. The lowest BCUT2D eigenvalue weighted by molar-refractivity contribution is -0.138. The first-order chi connectivity index (χ1) is 9.47. The van der Waals surface area contributed by atoms with Gasteiger partial charge in [0.25, 0.3) is 0 Å². The maximum Gasteiger partial charge on any atom is 0.310 e. The van der Waals surface area contributed by atoms with Gasteiger partial charge in [-0.05, 0) is 49.4 Å². The lowest BCUT2D eigenvalue weighted by Crippen LogP contribution is -2.07. The second kappa shape index (κ2) is 5.91. The summed E-state index contributed by atoms with van der Waals surface area (Å²) in [6.07, 6.45) is 0.884. The third-order valence-electron chi connectivity index (χ3n) is 3.75. The van der Waals surface area contributed by atoms with Crippen LogP contribution in [-0.2, 0) is 11.2 Å². The molecule has 2 nitrogen and oxygen atoms in total. The summed E-state index contributed by atoms with van der Waals surface area (Å²) in [5, 5.41) is 9.01. The van der Waals surface area contributed by atoms with Crippen LogP contribution in [0.15, 0.2) is 42.5 Å². The highest BCUT2D eigenvalue weighted by molar-refractivity contribution is 5.75. The van der Waals surface area contributed by atoms with E-state index in [9.17, 15) is 4.79 Å². The number of hydrogen-bond donors (Lipinski definition) is 1. The van der Waals surface area contributed by atoms with Crippen LogP contribution in [0.2, 0.25) is 0 Å². The monoisotopic (exact) mass is 268 g/mol. The highest BCUT2D eigenvalue weighted by atomic mass is 16.4. The average molecular weight is 268 g/mol. The summed E-state index contributed by atoms with van der Waals surface area (Å²) >= 11 is 0. The maximum atomic E-state index is 11.0. The molecule has 0 aliphatic carbocycles. The Hall–Kier alpha value is -2.09. The number of carboxylic acid groups (broad SMARTS) is 1. The van der Waals surface area contributed by atoms with Crippen LogP contribution in [0.4, 0.5) is 0 Å². The van der Waals surface area contributed by atoms with E-state index >= 15 is 0 Å². The number of hydrogen-bond acceptors (Lipinski definition) is 1. The van der Waals surface area contributed by atoms with Gasteiger partial charge in [0.15, 0.2) is 0 Å². The number of aliphatic carboxylic acids is 1. The minimum absolute atomic E-state index is 0.454. The van der Waals surface area contributed by atoms with Gasteiger partial charge < -0.3 is 5.11 Å². The Kier molecular flexibility index (Phi) is 4.23. The third kappa shape index (κ3) is 3.27. The van der Waals surface area contributed by atoms with Crippen molar-refractivity contribution in [3.63, 3.8) is 0 Å². The van der Waals surface area contributed by atoms with E-state index in [1.807, 2.05) is 24.3 Å². The maximum absolute atomic E-state index is 11.0. The first-order valence-corrected chi connectivity index (χ1v) is 6.85. The lowest BCUT2D eigenvalue weighted by Gasteiger charge is -2.10. The first-order valence-electron chi connectivity index (χ1n) is 6.85. The summed E-state index contributed by atoms with van der Waals surface area (Å²) in [7, 11) is 0. The van der Waals surface area contributed by atoms with Gasteiger partial charge in [-0.25, -0.2) is 0 Å². The number of benzene rings is 2. The van der Waals surface area contributed by atoms with Crippen molar-refractivity contribution in [1.29, 1.82) is 0 Å². The number of carbonyl (C=O) groups is 1. The molecule has 2 rings (SSSR count). The molecule has 0 spiro atoms. The minimum Gasteiger partial charge on any atom is -0.481 e. The number of rotatable bonds is 4. The summed E-state index contributed by atoms with van der Waals surface area (Å²) in [5.41, 5.74) is 5.94. The lowest BCUT2D eigenvalue weighted by atomic mass is 9.95. The predicted molar refractivity (Wildman–Crippen MR) is 81.2 cm³/mol. The van der Waals surface area contributed by atoms with Crippen molar-refractivity contribution >= 4 is 5.97 Å². The van der Waals surface area contributed by atoms with Crippen molar-refractivity contribution in [2.45, 2.75) is 33.1 Å².